The van der Waals surface area contributed by atoms with Gasteiger partial charge in [0.1, 0.15) is 4.90 Å². The molecule has 1 aromatic carbocycles. The van der Waals surface area contributed by atoms with Crippen LogP contribution in [0.15, 0.2) is 17.0 Å². The average Bonchev–Trinajstić information content (AvgIpc) is 2.90. The summed E-state index contributed by atoms with van der Waals surface area (Å²) < 4.78 is 40.3. The van der Waals surface area contributed by atoms with Crippen LogP contribution in [-0.4, -0.2) is 36.9 Å². The van der Waals surface area contributed by atoms with Crippen LogP contribution in [0.5, 0.6) is 0 Å². The van der Waals surface area contributed by atoms with E-state index in [2.05, 4.69) is 0 Å². The van der Waals surface area contributed by atoms with Gasteiger partial charge in [0.2, 0.25) is 10.0 Å². The van der Waals surface area contributed by atoms with Gasteiger partial charge in [0.25, 0.3) is 0 Å². The third-order valence-electron chi connectivity index (χ3n) is 3.68. The van der Waals surface area contributed by atoms with Gasteiger partial charge in [0.15, 0.2) is 5.82 Å². The average molecular weight is 336 g/mol. The first-order valence-electron chi connectivity index (χ1n) is 6.49. The Hall–Kier alpha value is -1.18. The Balaban J connectivity index is 2.48. The summed E-state index contributed by atoms with van der Waals surface area (Å²) >= 11 is 5.72. The van der Waals surface area contributed by atoms with Gasteiger partial charge in [-0.15, -0.1) is 0 Å². The van der Waals surface area contributed by atoms with E-state index in [1.165, 1.54) is 4.31 Å². The summed E-state index contributed by atoms with van der Waals surface area (Å²) in [7, 11) is -4.08. The first-order chi connectivity index (χ1) is 9.77. The van der Waals surface area contributed by atoms with Gasteiger partial charge in [-0.2, -0.15) is 4.31 Å². The Morgan fingerprint density at radius 1 is 1.52 bits per heavy atom. The van der Waals surface area contributed by atoms with Crippen LogP contribution < -0.4 is 0 Å². The summed E-state index contributed by atoms with van der Waals surface area (Å²) in [6.45, 7) is 2.58. The molecule has 1 heterocycles. The molecule has 1 N–H and O–H groups in total. The Morgan fingerprint density at radius 2 is 2.19 bits per heavy atom. The second kappa shape index (κ2) is 5.90. The number of rotatable bonds is 4. The number of hydrogen-bond acceptors (Lipinski definition) is 3. The number of carboxylic acid groups (broad SMARTS) is 1. The Kier molecular flexibility index (Phi) is 4.55. The predicted molar refractivity (Wildman–Crippen MR) is 75.5 cm³/mol. The molecule has 2 rings (SSSR count). The number of hydrogen-bond donors (Lipinski definition) is 1. The maximum atomic E-state index is 14.2. The van der Waals surface area contributed by atoms with Gasteiger partial charge < -0.3 is 5.11 Å². The van der Waals surface area contributed by atoms with E-state index >= 15 is 0 Å². The van der Waals surface area contributed by atoms with Gasteiger partial charge in [0, 0.05) is 18.1 Å². The normalized spacial score (nSPS) is 19.9. The fourth-order valence-electron chi connectivity index (χ4n) is 2.40. The van der Waals surface area contributed by atoms with Crippen LogP contribution in [0.3, 0.4) is 0 Å². The number of carbonyl (C=O) groups is 1. The molecule has 21 heavy (non-hydrogen) atoms. The van der Waals surface area contributed by atoms with Crippen LogP contribution in [0.2, 0.25) is 5.02 Å². The first kappa shape index (κ1) is 16.2. The van der Waals surface area contributed by atoms with Crippen LogP contribution in [0, 0.1) is 11.7 Å². The second-order valence-electron chi connectivity index (χ2n) is 5.00. The van der Waals surface area contributed by atoms with E-state index in [9.17, 15) is 17.6 Å². The smallest absolute Gasteiger partial charge is 0.338 e. The fraction of sp³-hybridized carbons (Fsp3) is 0.462. The highest BCUT2D eigenvalue weighted by Gasteiger charge is 2.35. The lowest BCUT2D eigenvalue weighted by molar-refractivity contribution is 0.0691. The molecular formula is C13H15ClFNO4S. The van der Waals surface area contributed by atoms with Crippen molar-refractivity contribution in [2.24, 2.45) is 5.92 Å². The molecule has 1 aromatic rings. The molecule has 0 bridgehead atoms. The van der Waals surface area contributed by atoms with Crippen molar-refractivity contribution in [2.75, 3.05) is 13.1 Å². The van der Waals surface area contributed by atoms with Gasteiger partial charge >= 0.3 is 5.97 Å². The summed E-state index contributed by atoms with van der Waals surface area (Å²) in [5, 5.41) is 8.79. The van der Waals surface area contributed by atoms with Crippen LogP contribution in [0.1, 0.15) is 30.1 Å². The molecule has 116 valence electrons. The van der Waals surface area contributed by atoms with Crippen LogP contribution >= 0.6 is 11.6 Å². The summed E-state index contributed by atoms with van der Waals surface area (Å²) in [5.74, 6) is -2.59. The zero-order valence-electron chi connectivity index (χ0n) is 11.3. The minimum atomic E-state index is -4.08. The number of carboxylic acids is 1. The molecule has 0 spiro atoms. The molecule has 0 saturated carbocycles. The molecule has 5 nitrogen and oxygen atoms in total. The van der Waals surface area contributed by atoms with Crippen molar-refractivity contribution >= 4 is 27.6 Å². The van der Waals surface area contributed by atoms with Crippen LogP contribution in [-0.2, 0) is 10.0 Å². The summed E-state index contributed by atoms with van der Waals surface area (Å²) in [6.07, 6.45) is 1.55. The van der Waals surface area contributed by atoms with Crippen molar-refractivity contribution in [3.63, 3.8) is 0 Å². The quantitative estimate of drug-likeness (QED) is 0.917. The third kappa shape index (κ3) is 3.04. The largest absolute Gasteiger partial charge is 0.478 e. The van der Waals surface area contributed by atoms with E-state index in [1.807, 2.05) is 6.92 Å². The highest BCUT2D eigenvalue weighted by Crippen LogP contribution is 2.30. The predicted octanol–water partition coefficient (Wildman–Crippen LogP) is 2.60. The SMILES string of the molecule is CCC1CCN(S(=O)(=O)c2cc(Cl)cc(C(=O)O)c2F)C1. The molecule has 1 aliphatic rings. The van der Waals surface area contributed by atoms with Crippen molar-refractivity contribution in [1.82, 2.24) is 4.31 Å². The molecule has 1 aliphatic heterocycles. The van der Waals surface area contributed by atoms with Crippen molar-refractivity contribution in [2.45, 2.75) is 24.7 Å². The highest BCUT2D eigenvalue weighted by molar-refractivity contribution is 7.89. The minimum absolute atomic E-state index is 0.126. The standard InChI is InChI=1S/C13H15ClFNO4S/c1-2-8-3-4-16(7-8)21(19,20)11-6-9(14)5-10(12(11)15)13(17)18/h5-6,8H,2-4,7H2,1H3,(H,17,18). The summed E-state index contributed by atoms with van der Waals surface area (Å²) in [5.41, 5.74) is -0.743. The maximum absolute atomic E-state index is 14.2. The highest BCUT2D eigenvalue weighted by atomic mass is 35.5. The zero-order valence-corrected chi connectivity index (χ0v) is 12.9. The molecule has 1 unspecified atom stereocenters. The van der Waals surface area contributed by atoms with E-state index in [-0.39, 0.29) is 10.9 Å². The lowest BCUT2D eigenvalue weighted by atomic mass is 10.1. The Morgan fingerprint density at radius 3 is 2.71 bits per heavy atom. The van der Waals surface area contributed by atoms with E-state index < -0.39 is 32.3 Å². The Labute approximate surface area is 127 Å². The lowest BCUT2D eigenvalue weighted by Gasteiger charge is -2.17. The van der Waals surface area contributed by atoms with E-state index in [0.717, 1.165) is 18.6 Å². The lowest BCUT2D eigenvalue weighted by Crippen LogP contribution is -2.30. The van der Waals surface area contributed by atoms with Crippen molar-refractivity contribution in [3.8, 4) is 0 Å². The van der Waals surface area contributed by atoms with Gasteiger partial charge in [-0.1, -0.05) is 24.9 Å². The summed E-state index contributed by atoms with van der Waals surface area (Å²) in [4.78, 5) is 10.3. The molecule has 0 aliphatic carbocycles. The molecule has 1 atom stereocenters. The summed E-state index contributed by atoms with van der Waals surface area (Å²) in [6, 6.07) is 1.86. The van der Waals surface area contributed by atoms with E-state index in [1.54, 1.807) is 0 Å². The molecule has 1 saturated heterocycles. The topological polar surface area (TPSA) is 74.7 Å². The van der Waals surface area contributed by atoms with Crippen LogP contribution in [0.4, 0.5) is 4.39 Å². The van der Waals surface area contributed by atoms with Gasteiger partial charge in [0.05, 0.1) is 5.56 Å². The second-order valence-corrected chi connectivity index (χ2v) is 7.34. The molecule has 0 radical (unpaired) electrons. The van der Waals surface area contributed by atoms with Crippen molar-refractivity contribution in [1.29, 1.82) is 0 Å². The number of sulfonamides is 1. The van der Waals surface area contributed by atoms with Gasteiger partial charge in [-0.3, -0.25) is 0 Å². The molecule has 0 aromatic heterocycles. The molecule has 1 fully saturated rings. The number of aromatic carboxylic acids is 1. The van der Waals surface area contributed by atoms with Gasteiger partial charge in [-0.25, -0.2) is 17.6 Å². The monoisotopic (exact) mass is 335 g/mol. The number of benzene rings is 1. The molecule has 0 amide bonds. The van der Waals surface area contributed by atoms with Crippen LogP contribution in [0.25, 0.3) is 0 Å². The third-order valence-corrected chi connectivity index (χ3v) is 5.76. The van der Waals surface area contributed by atoms with Gasteiger partial charge in [-0.05, 0) is 24.5 Å². The number of halogens is 2. The molecule has 8 heteroatoms. The maximum Gasteiger partial charge on any atom is 0.338 e. The Bertz CT molecular complexity index is 677. The fourth-order valence-corrected chi connectivity index (χ4v) is 4.32. The van der Waals surface area contributed by atoms with E-state index in [0.29, 0.717) is 19.5 Å². The first-order valence-corrected chi connectivity index (χ1v) is 8.31. The van der Waals surface area contributed by atoms with Crippen molar-refractivity contribution in [3.05, 3.63) is 28.5 Å². The molecular weight excluding hydrogens is 321 g/mol. The number of nitrogens with zero attached hydrogens (tertiary/aromatic N) is 1. The van der Waals surface area contributed by atoms with Crippen molar-refractivity contribution < 1.29 is 22.7 Å². The zero-order chi connectivity index (χ0) is 15.8. The minimum Gasteiger partial charge on any atom is -0.478 e. The van der Waals surface area contributed by atoms with E-state index in [4.69, 9.17) is 16.7 Å².